The quantitative estimate of drug-likeness (QED) is 0.444. The van der Waals surface area contributed by atoms with Gasteiger partial charge in [0.15, 0.2) is 0 Å². The van der Waals surface area contributed by atoms with Gasteiger partial charge < -0.3 is 9.47 Å². The molecule has 9 heteroatoms. The summed E-state index contributed by atoms with van der Waals surface area (Å²) in [5, 5.41) is 10.7. The number of likely N-dealkylation sites (tertiary alicyclic amines) is 1. The third-order valence-electron chi connectivity index (χ3n) is 4.55. The van der Waals surface area contributed by atoms with Crippen LogP contribution in [0.1, 0.15) is 37.7 Å². The number of carbonyl (C=O) groups excluding carboxylic acids is 3. The van der Waals surface area contributed by atoms with Gasteiger partial charge in [-0.05, 0) is 30.5 Å². The fraction of sp³-hybridized carbons (Fsp3) is 0.471. The van der Waals surface area contributed by atoms with E-state index in [-0.39, 0.29) is 31.0 Å². The Balaban J connectivity index is 1.73. The number of hydrogen-bond donors (Lipinski definition) is 0. The number of carbonyl (C=O) groups is 3. The first-order chi connectivity index (χ1) is 12.4. The molecule has 1 aromatic rings. The minimum Gasteiger partial charge on any atom is -0.456 e. The fourth-order valence-electron chi connectivity index (χ4n) is 3.17. The molecule has 2 aliphatic rings. The average Bonchev–Trinajstić information content (AvgIpc) is 3.03. The normalized spacial score (nSPS) is 22.8. The van der Waals surface area contributed by atoms with Gasteiger partial charge in [0, 0.05) is 31.5 Å². The molecule has 0 unspecified atom stereocenters. The Labute approximate surface area is 149 Å². The molecule has 3 rings (SSSR count). The van der Waals surface area contributed by atoms with Gasteiger partial charge in [-0.3, -0.25) is 24.6 Å². The number of ether oxygens (including phenoxy) is 2. The summed E-state index contributed by atoms with van der Waals surface area (Å²) in [4.78, 5) is 48.0. The topological polar surface area (TPSA) is 116 Å². The van der Waals surface area contributed by atoms with Crippen molar-refractivity contribution in [3.05, 3.63) is 39.9 Å². The van der Waals surface area contributed by atoms with Gasteiger partial charge in [-0.25, -0.2) is 4.79 Å². The predicted octanol–water partition coefficient (Wildman–Crippen LogP) is 1.68. The molecule has 1 atom stereocenters. The molecule has 9 nitrogen and oxygen atoms in total. The number of benzene rings is 1. The Bertz CT molecular complexity index is 746. The molecule has 138 valence electrons. The second-order valence-corrected chi connectivity index (χ2v) is 6.26. The third kappa shape index (κ3) is 3.37. The van der Waals surface area contributed by atoms with Gasteiger partial charge >= 0.3 is 11.9 Å². The van der Waals surface area contributed by atoms with Crippen LogP contribution in [-0.2, 0) is 30.5 Å². The predicted molar refractivity (Wildman–Crippen MR) is 86.5 cm³/mol. The summed E-state index contributed by atoms with van der Waals surface area (Å²) in [5.74, 6) is -1.58. The summed E-state index contributed by atoms with van der Waals surface area (Å²) in [6, 6.07) is 5.57. The maximum absolute atomic E-state index is 12.7. The third-order valence-corrected chi connectivity index (χ3v) is 4.55. The van der Waals surface area contributed by atoms with Crippen molar-refractivity contribution in [1.82, 2.24) is 4.90 Å². The number of rotatable bonds is 5. The van der Waals surface area contributed by atoms with Gasteiger partial charge in [-0.1, -0.05) is 0 Å². The molecule has 2 fully saturated rings. The van der Waals surface area contributed by atoms with E-state index in [0.717, 1.165) is 12.8 Å². The monoisotopic (exact) mass is 362 g/mol. The number of amides is 1. The van der Waals surface area contributed by atoms with E-state index >= 15 is 0 Å². The summed E-state index contributed by atoms with van der Waals surface area (Å²) in [6.07, 6.45) is 1.86. The SMILES string of the molecule is O=C1CC[C@](C(=O)OCc2ccc([N+](=O)[O-])cc2)(N2CCCCC2=O)O1. The second kappa shape index (κ2) is 7.11. The van der Waals surface area contributed by atoms with Crippen molar-refractivity contribution < 1.29 is 28.8 Å². The van der Waals surface area contributed by atoms with Crippen LogP contribution < -0.4 is 0 Å². The lowest BCUT2D eigenvalue weighted by molar-refractivity contribution is -0.384. The van der Waals surface area contributed by atoms with Gasteiger partial charge in [0.2, 0.25) is 5.91 Å². The zero-order chi connectivity index (χ0) is 18.7. The summed E-state index contributed by atoms with van der Waals surface area (Å²) >= 11 is 0. The van der Waals surface area contributed by atoms with E-state index in [9.17, 15) is 24.5 Å². The van der Waals surface area contributed by atoms with E-state index in [0.29, 0.717) is 18.5 Å². The molecule has 1 aromatic carbocycles. The number of cyclic esters (lactones) is 1. The number of nitrogens with zero attached hydrogens (tertiary/aromatic N) is 2. The maximum atomic E-state index is 12.7. The van der Waals surface area contributed by atoms with Crippen molar-refractivity contribution in [2.75, 3.05) is 6.54 Å². The highest BCUT2D eigenvalue weighted by atomic mass is 16.6. The Morgan fingerprint density at radius 3 is 2.54 bits per heavy atom. The van der Waals surface area contributed by atoms with Crippen molar-refractivity contribution in [2.45, 2.75) is 44.4 Å². The lowest BCUT2D eigenvalue weighted by atomic mass is 10.0. The number of hydrogen-bond acceptors (Lipinski definition) is 7. The van der Waals surface area contributed by atoms with Crippen LogP contribution in [0.15, 0.2) is 24.3 Å². The molecule has 0 aromatic heterocycles. The average molecular weight is 362 g/mol. The Kier molecular flexibility index (Phi) is 4.88. The number of piperidine rings is 1. The standard InChI is InChI=1S/C17H18N2O7/c20-14-3-1-2-10-18(14)17(9-8-15(21)26-17)16(22)25-11-12-4-6-13(7-5-12)19(23)24/h4-7H,1-3,8-11H2/t17-/m0/s1. The van der Waals surface area contributed by atoms with E-state index < -0.39 is 22.6 Å². The molecule has 0 aliphatic carbocycles. The first-order valence-electron chi connectivity index (χ1n) is 8.35. The van der Waals surface area contributed by atoms with Crippen LogP contribution in [0.25, 0.3) is 0 Å². The van der Waals surface area contributed by atoms with Crippen molar-refractivity contribution in [3.63, 3.8) is 0 Å². The van der Waals surface area contributed by atoms with E-state index in [4.69, 9.17) is 9.47 Å². The molecule has 26 heavy (non-hydrogen) atoms. The highest BCUT2D eigenvalue weighted by molar-refractivity contribution is 5.91. The zero-order valence-corrected chi connectivity index (χ0v) is 14.0. The number of nitro groups is 1. The van der Waals surface area contributed by atoms with Gasteiger partial charge in [-0.15, -0.1) is 0 Å². The summed E-state index contributed by atoms with van der Waals surface area (Å²) < 4.78 is 10.5. The van der Waals surface area contributed by atoms with E-state index in [1.54, 1.807) is 0 Å². The van der Waals surface area contributed by atoms with E-state index in [1.807, 2.05) is 0 Å². The van der Waals surface area contributed by atoms with Crippen molar-refractivity contribution in [2.24, 2.45) is 0 Å². The highest BCUT2D eigenvalue weighted by Gasteiger charge is 2.55. The number of nitro benzene ring substituents is 1. The van der Waals surface area contributed by atoms with E-state index in [1.165, 1.54) is 29.2 Å². The molecule has 2 heterocycles. The molecule has 0 radical (unpaired) electrons. The van der Waals surface area contributed by atoms with Crippen LogP contribution >= 0.6 is 0 Å². The first-order valence-corrected chi connectivity index (χ1v) is 8.35. The summed E-state index contributed by atoms with van der Waals surface area (Å²) in [5.41, 5.74) is -1.22. The van der Waals surface area contributed by atoms with Crippen LogP contribution in [0.4, 0.5) is 5.69 Å². The van der Waals surface area contributed by atoms with Gasteiger partial charge in [0.05, 0.1) is 11.3 Å². The van der Waals surface area contributed by atoms with Gasteiger partial charge in [-0.2, -0.15) is 0 Å². The Hall–Kier alpha value is -2.97. The molecule has 2 saturated heterocycles. The van der Waals surface area contributed by atoms with Crippen LogP contribution in [0.2, 0.25) is 0 Å². The molecule has 0 spiro atoms. The molecule has 2 aliphatic heterocycles. The van der Waals surface area contributed by atoms with Gasteiger partial charge in [0.25, 0.3) is 11.4 Å². The highest BCUT2D eigenvalue weighted by Crippen LogP contribution is 2.35. The molecule has 1 amide bonds. The Morgan fingerprint density at radius 1 is 1.23 bits per heavy atom. The van der Waals surface area contributed by atoms with E-state index in [2.05, 4.69) is 0 Å². The van der Waals surface area contributed by atoms with Crippen molar-refractivity contribution in [3.8, 4) is 0 Å². The lowest BCUT2D eigenvalue weighted by Gasteiger charge is -2.39. The lowest BCUT2D eigenvalue weighted by Crippen LogP contribution is -2.59. The molecular formula is C17H18N2O7. The minimum atomic E-state index is -1.70. The summed E-state index contributed by atoms with van der Waals surface area (Å²) in [7, 11) is 0. The van der Waals surface area contributed by atoms with Crippen molar-refractivity contribution in [1.29, 1.82) is 0 Å². The second-order valence-electron chi connectivity index (χ2n) is 6.26. The largest absolute Gasteiger partial charge is 0.456 e. The molecule has 0 bridgehead atoms. The number of non-ortho nitro benzene ring substituents is 1. The van der Waals surface area contributed by atoms with Crippen molar-refractivity contribution >= 4 is 23.5 Å². The molecular weight excluding hydrogens is 344 g/mol. The van der Waals surface area contributed by atoms with Crippen LogP contribution in [-0.4, -0.2) is 39.9 Å². The fourth-order valence-corrected chi connectivity index (χ4v) is 3.17. The summed E-state index contributed by atoms with van der Waals surface area (Å²) in [6.45, 7) is 0.191. The molecule has 0 saturated carbocycles. The van der Waals surface area contributed by atoms with Gasteiger partial charge in [0.1, 0.15) is 6.61 Å². The smallest absolute Gasteiger partial charge is 0.373 e. The van der Waals surface area contributed by atoms with Crippen LogP contribution in [0.3, 0.4) is 0 Å². The van der Waals surface area contributed by atoms with Crippen LogP contribution in [0, 0.1) is 10.1 Å². The number of esters is 2. The first kappa shape index (κ1) is 17.8. The van der Waals surface area contributed by atoms with Crippen LogP contribution in [0.5, 0.6) is 0 Å². The molecule has 0 N–H and O–H groups in total. The Morgan fingerprint density at radius 2 is 1.96 bits per heavy atom. The minimum absolute atomic E-state index is 0.0381. The maximum Gasteiger partial charge on any atom is 0.373 e. The zero-order valence-electron chi connectivity index (χ0n) is 14.0.